The molecule has 0 radical (unpaired) electrons. The highest BCUT2D eigenvalue weighted by molar-refractivity contribution is 5.91. The van der Waals surface area contributed by atoms with E-state index >= 15 is 0 Å². The summed E-state index contributed by atoms with van der Waals surface area (Å²) in [6, 6.07) is 5.65. The van der Waals surface area contributed by atoms with Crippen molar-refractivity contribution in [2.45, 2.75) is 13.5 Å². The van der Waals surface area contributed by atoms with Gasteiger partial charge in [0.2, 0.25) is 5.91 Å². The van der Waals surface area contributed by atoms with E-state index in [4.69, 9.17) is 4.74 Å². The number of carbonyl (C=O) groups is 1. The normalized spacial score (nSPS) is 10.4. The summed E-state index contributed by atoms with van der Waals surface area (Å²) < 4.78 is 32.8. The van der Waals surface area contributed by atoms with Gasteiger partial charge >= 0.3 is 6.61 Å². The molecule has 0 aliphatic heterocycles. The van der Waals surface area contributed by atoms with Crippen LogP contribution in [0.3, 0.4) is 0 Å². The van der Waals surface area contributed by atoms with E-state index < -0.39 is 6.61 Å². The van der Waals surface area contributed by atoms with Gasteiger partial charge in [-0.1, -0.05) is 0 Å². The Balaban J connectivity index is 2.47. The molecule has 0 aliphatic carbocycles. The Kier molecular flexibility index (Phi) is 5.35. The number of carbonyl (C=O) groups excluding carboxylic acids is 1. The number of hydrogen-bond acceptors (Lipinski definition) is 3. The quantitative estimate of drug-likeness (QED) is 0.836. The maximum absolute atomic E-state index is 11.9. The molecule has 0 aliphatic rings. The highest BCUT2D eigenvalue weighted by Gasteiger charge is 2.05. The van der Waals surface area contributed by atoms with Gasteiger partial charge in [0.25, 0.3) is 0 Å². The molecule has 1 rings (SSSR count). The molecule has 0 bridgehead atoms. The SMILES string of the molecule is CCOCC(=O)Nc1ccc(OC(F)F)cc1. The van der Waals surface area contributed by atoms with Crippen LogP contribution in [0.5, 0.6) is 5.75 Å². The van der Waals surface area contributed by atoms with Crippen molar-refractivity contribution in [1.29, 1.82) is 0 Å². The van der Waals surface area contributed by atoms with Crippen LogP contribution in [0.25, 0.3) is 0 Å². The summed E-state index contributed by atoms with van der Waals surface area (Å²) in [4.78, 5) is 11.2. The Morgan fingerprint density at radius 2 is 2.00 bits per heavy atom. The van der Waals surface area contributed by atoms with Gasteiger partial charge in [0.15, 0.2) is 0 Å². The summed E-state index contributed by atoms with van der Waals surface area (Å²) in [7, 11) is 0. The third-order valence-corrected chi connectivity index (χ3v) is 1.80. The summed E-state index contributed by atoms with van der Waals surface area (Å²) in [6.45, 7) is -0.655. The summed E-state index contributed by atoms with van der Waals surface area (Å²) in [5, 5.41) is 2.55. The predicted octanol–water partition coefficient (Wildman–Crippen LogP) is 2.26. The molecule has 0 saturated carbocycles. The molecule has 94 valence electrons. The Bertz CT molecular complexity index is 354. The van der Waals surface area contributed by atoms with Crippen LogP contribution in [0.15, 0.2) is 24.3 Å². The molecule has 1 aromatic carbocycles. The molecule has 1 aromatic rings. The van der Waals surface area contributed by atoms with E-state index in [1.54, 1.807) is 6.92 Å². The second kappa shape index (κ2) is 6.80. The topological polar surface area (TPSA) is 47.6 Å². The minimum absolute atomic E-state index is 0.0359. The Hall–Kier alpha value is -1.69. The van der Waals surface area contributed by atoms with Gasteiger partial charge in [-0.3, -0.25) is 4.79 Å². The second-order valence-electron chi connectivity index (χ2n) is 3.09. The lowest BCUT2D eigenvalue weighted by molar-refractivity contribution is -0.120. The van der Waals surface area contributed by atoms with Crippen molar-refractivity contribution in [2.75, 3.05) is 18.5 Å². The van der Waals surface area contributed by atoms with Crippen molar-refractivity contribution in [3.05, 3.63) is 24.3 Å². The second-order valence-corrected chi connectivity index (χ2v) is 3.09. The molecule has 1 N–H and O–H groups in total. The highest BCUT2D eigenvalue weighted by Crippen LogP contribution is 2.17. The van der Waals surface area contributed by atoms with Gasteiger partial charge < -0.3 is 14.8 Å². The summed E-state index contributed by atoms with van der Waals surface area (Å²) in [6.07, 6.45) is 0. The van der Waals surface area contributed by atoms with Crippen LogP contribution in [0.1, 0.15) is 6.92 Å². The fourth-order valence-corrected chi connectivity index (χ4v) is 1.11. The van der Waals surface area contributed by atoms with Gasteiger partial charge in [0.05, 0.1) is 0 Å². The van der Waals surface area contributed by atoms with Gasteiger partial charge in [0, 0.05) is 12.3 Å². The largest absolute Gasteiger partial charge is 0.435 e. The van der Waals surface area contributed by atoms with E-state index in [1.165, 1.54) is 24.3 Å². The number of hydrogen-bond donors (Lipinski definition) is 1. The number of nitrogens with one attached hydrogen (secondary N) is 1. The summed E-state index contributed by atoms with van der Waals surface area (Å²) >= 11 is 0. The number of amides is 1. The van der Waals surface area contributed by atoms with Crippen molar-refractivity contribution < 1.29 is 23.0 Å². The van der Waals surface area contributed by atoms with Crippen LogP contribution < -0.4 is 10.1 Å². The van der Waals surface area contributed by atoms with E-state index in [-0.39, 0.29) is 18.3 Å². The lowest BCUT2D eigenvalue weighted by Crippen LogP contribution is -2.18. The molecule has 4 nitrogen and oxygen atoms in total. The smallest absolute Gasteiger partial charge is 0.387 e. The van der Waals surface area contributed by atoms with Crippen molar-refractivity contribution >= 4 is 11.6 Å². The van der Waals surface area contributed by atoms with E-state index in [9.17, 15) is 13.6 Å². The predicted molar refractivity (Wildman–Crippen MR) is 58.2 cm³/mol. The standard InChI is InChI=1S/C11H13F2NO3/c1-2-16-7-10(15)14-8-3-5-9(6-4-8)17-11(12)13/h3-6,11H,2,7H2,1H3,(H,14,15). The Morgan fingerprint density at radius 3 is 2.53 bits per heavy atom. The zero-order chi connectivity index (χ0) is 12.7. The van der Waals surface area contributed by atoms with Crippen LogP contribution >= 0.6 is 0 Å². The van der Waals surface area contributed by atoms with Crippen molar-refractivity contribution in [3.63, 3.8) is 0 Å². The van der Waals surface area contributed by atoms with Crippen LogP contribution in [0.2, 0.25) is 0 Å². The van der Waals surface area contributed by atoms with Crippen LogP contribution in [-0.2, 0) is 9.53 Å². The van der Waals surface area contributed by atoms with Crippen LogP contribution in [-0.4, -0.2) is 25.7 Å². The first kappa shape index (κ1) is 13.4. The van der Waals surface area contributed by atoms with E-state index in [0.717, 1.165) is 0 Å². The van der Waals surface area contributed by atoms with Gasteiger partial charge in [-0.05, 0) is 31.2 Å². The highest BCUT2D eigenvalue weighted by atomic mass is 19.3. The number of ether oxygens (including phenoxy) is 2. The van der Waals surface area contributed by atoms with Gasteiger partial charge in [0.1, 0.15) is 12.4 Å². The third kappa shape index (κ3) is 5.26. The van der Waals surface area contributed by atoms with Crippen LogP contribution in [0, 0.1) is 0 Å². The van der Waals surface area contributed by atoms with E-state index in [0.29, 0.717) is 12.3 Å². The van der Waals surface area contributed by atoms with Crippen LogP contribution in [0.4, 0.5) is 14.5 Å². The third-order valence-electron chi connectivity index (χ3n) is 1.80. The Labute approximate surface area is 97.5 Å². The fourth-order valence-electron chi connectivity index (χ4n) is 1.11. The molecular formula is C11H13F2NO3. The Morgan fingerprint density at radius 1 is 1.35 bits per heavy atom. The average Bonchev–Trinajstić information content (AvgIpc) is 2.28. The van der Waals surface area contributed by atoms with E-state index in [1.807, 2.05) is 0 Å². The minimum Gasteiger partial charge on any atom is -0.435 e. The number of alkyl halides is 2. The summed E-state index contributed by atoms with van der Waals surface area (Å²) in [5.74, 6) is -0.253. The maximum Gasteiger partial charge on any atom is 0.387 e. The lowest BCUT2D eigenvalue weighted by atomic mass is 10.3. The molecular weight excluding hydrogens is 232 g/mol. The van der Waals surface area contributed by atoms with E-state index in [2.05, 4.69) is 10.1 Å². The number of anilines is 1. The molecule has 1 amide bonds. The fraction of sp³-hybridized carbons (Fsp3) is 0.364. The molecule has 0 fully saturated rings. The van der Waals surface area contributed by atoms with Gasteiger partial charge in [-0.25, -0.2) is 0 Å². The minimum atomic E-state index is -2.85. The van der Waals surface area contributed by atoms with Crippen molar-refractivity contribution in [3.8, 4) is 5.75 Å². The number of rotatable bonds is 6. The van der Waals surface area contributed by atoms with Gasteiger partial charge in [-0.15, -0.1) is 0 Å². The molecule has 0 saturated heterocycles. The molecule has 0 atom stereocenters. The molecule has 0 heterocycles. The summed E-state index contributed by atoms with van der Waals surface area (Å²) in [5.41, 5.74) is 0.497. The zero-order valence-corrected chi connectivity index (χ0v) is 9.28. The lowest BCUT2D eigenvalue weighted by Gasteiger charge is -2.07. The molecule has 17 heavy (non-hydrogen) atoms. The first-order chi connectivity index (χ1) is 8.11. The monoisotopic (exact) mass is 245 g/mol. The first-order valence-electron chi connectivity index (χ1n) is 5.04. The average molecular weight is 245 g/mol. The molecule has 0 unspecified atom stereocenters. The molecule has 0 spiro atoms. The molecule has 6 heteroatoms. The first-order valence-corrected chi connectivity index (χ1v) is 5.04. The maximum atomic E-state index is 11.9. The van der Waals surface area contributed by atoms with Gasteiger partial charge in [-0.2, -0.15) is 8.78 Å². The van der Waals surface area contributed by atoms with Crippen molar-refractivity contribution in [2.24, 2.45) is 0 Å². The molecule has 0 aromatic heterocycles. The number of halogens is 2. The number of benzene rings is 1. The van der Waals surface area contributed by atoms with Crippen molar-refractivity contribution in [1.82, 2.24) is 0 Å². The zero-order valence-electron chi connectivity index (χ0n) is 9.28.